The molecule has 0 bridgehead atoms. The molecule has 4 rings (SSSR count). The molecular weight excluding hydrogens is 366 g/mol. The van der Waals surface area contributed by atoms with Crippen LogP contribution in [0.5, 0.6) is 5.75 Å². The van der Waals surface area contributed by atoms with Crippen LogP contribution >= 0.6 is 11.6 Å². The number of nitrogens with zero attached hydrogens (tertiary/aromatic N) is 1. The van der Waals surface area contributed by atoms with E-state index >= 15 is 0 Å². The number of phenolic OH excluding ortho intramolecular Hbond substituents is 1. The van der Waals surface area contributed by atoms with Gasteiger partial charge in [0.05, 0.1) is 35.5 Å². The molecular formula is C21H22ClNO4. The van der Waals surface area contributed by atoms with Gasteiger partial charge in [0.2, 0.25) is 0 Å². The van der Waals surface area contributed by atoms with E-state index in [0.717, 1.165) is 22.0 Å². The predicted octanol–water partition coefficient (Wildman–Crippen LogP) is 3.62. The molecule has 0 aliphatic carbocycles. The average Bonchev–Trinajstić information content (AvgIpc) is 3.03. The smallest absolute Gasteiger partial charge is 0.115 e. The largest absolute Gasteiger partial charge is 0.508 e. The number of hydrogen-bond acceptors (Lipinski definition) is 4. The highest BCUT2D eigenvalue weighted by Crippen LogP contribution is 2.38. The number of fused-ring (bicyclic) bond motifs is 1. The summed E-state index contributed by atoms with van der Waals surface area (Å²) in [5.74, 6) is 0.231. The molecule has 27 heavy (non-hydrogen) atoms. The maximum Gasteiger partial charge on any atom is 0.115 e. The van der Waals surface area contributed by atoms with Gasteiger partial charge >= 0.3 is 0 Å². The van der Waals surface area contributed by atoms with Crippen LogP contribution in [0.25, 0.3) is 10.9 Å². The summed E-state index contributed by atoms with van der Waals surface area (Å²) in [5, 5.41) is 30.8. The van der Waals surface area contributed by atoms with Crippen LogP contribution in [0.4, 0.5) is 0 Å². The van der Waals surface area contributed by atoms with Gasteiger partial charge in [-0.2, -0.15) is 0 Å². The molecule has 0 spiro atoms. The monoisotopic (exact) mass is 387 g/mol. The highest BCUT2D eigenvalue weighted by molar-refractivity contribution is 6.35. The van der Waals surface area contributed by atoms with E-state index in [0.29, 0.717) is 24.4 Å². The van der Waals surface area contributed by atoms with Gasteiger partial charge in [0.25, 0.3) is 0 Å². The molecule has 2 heterocycles. The molecule has 0 radical (unpaired) electrons. The maximum atomic E-state index is 10.2. The van der Waals surface area contributed by atoms with Crippen LogP contribution in [0.15, 0.2) is 48.7 Å². The van der Waals surface area contributed by atoms with Crippen molar-refractivity contribution in [3.63, 3.8) is 0 Å². The quantitative estimate of drug-likeness (QED) is 0.639. The first-order valence-corrected chi connectivity index (χ1v) is 9.42. The Bertz CT molecular complexity index is 937. The Labute approximate surface area is 162 Å². The Kier molecular flexibility index (Phi) is 5.10. The van der Waals surface area contributed by atoms with Crippen LogP contribution in [0, 0.1) is 0 Å². The molecule has 142 valence electrons. The summed E-state index contributed by atoms with van der Waals surface area (Å²) in [7, 11) is 0. The standard InChI is InChI=1S/C21H22ClNO4/c22-19-3-1-2-17-18(20-9-15(26)8-16(12-24)27-20)11-23(21(17)19)10-13-4-6-14(25)7-5-13/h1-7,11,15-16,20,24-26H,8-10,12H2/t15-,16-,20+/m0/s1. The molecule has 1 aromatic heterocycles. The number of aromatic hydroxyl groups is 1. The van der Waals surface area contributed by atoms with Gasteiger partial charge in [0.1, 0.15) is 5.75 Å². The lowest BCUT2D eigenvalue weighted by atomic mass is 9.96. The average molecular weight is 388 g/mol. The molecule has 2 aromatic carbocycles. The molecule has 3 N–H and O–H groups in total. The number of aliphatic hydroxyl groups excluding tert-OH is 2. The van der Waals surface area contributed by atoms with Crippen molar-refractivity contribution in [2.45, 2.75) is 37.7 Å². The highest BCUT2D eigenvalue weighted by Gasteiger charge is 2.31. The summed E-state index contributed by atoms with van der Waals surface area (Å²) in [6, 6.07) is 12.8. The molecule has 3 aromatic rings. The first-order chi connectivity index (χ1) is 13.0. The normalized spacial score (nSPS) is 23.0. The van der Waals surface area contributed by atoms with E-state index in [1.807, 2.05) is 36.5 Å². The molecule has 1 saturated heterocycles. The van der Waals surface area contributed by atoms with Crippen LogP contribution in [0.3, 0.4) is 0 Å². The lowest BCUT2D eigenvalue weighted by molar-refractivity contribution is -0.113. The fourth-order valence-corrected chi connectivity index (χ4v) is 4.11. The van der Waals surface area contributed by atoms with Gasteiger partial charge in [0.15, 0.2) is 0 Å². The zero-order valence-corrected chi connectivity index (χ0v) is 15.5. The van der Waals surface area contributed by atoms with Crippen molar-refractivity contribution < 1.29 is 20.1 Å². The summed E-state index contributed by atoms with van der Waals surface area (Å²) in [6.45, 7) is 0.486. The number of phenols is 1. The second-order valence-electron chi connectivity index (χ2n) is 7.07. The van der Waals surface area contributed by atoms with E-state index in [4.69, 9.17) is 16.3 Å². The lowest BCUT2D eigenvalue weighted by Gasteiger charge is -2.32. The second kappa shape index (κ2) is 7.52. The Morgan fingerprint density at radius 1 is 1.11 bits per heavy atom. The molecule has 3 atom stereocenters. The Morgan fingerprint density at radius 3 is 2.63 bits per heavy atom. The third-order valence-electron chi connectivity index (χ3n) is 5.10. The van der Waals surface area contributed by atoms with Crippen molar-refractivity contribution in [1.29, 1.82) is 0 Å². The van der Waals surface area contributed by atoms with Gasteiger partial charge < -0.3 is 24.6 Å². The zero-order valence-electron chi connectivity index (χ0n) is 14.8. The predicted molar refractivity (Wildman–Crippen MR) is 104 cm³/mol. The van der Waals surface area contributed by atoms with Crippen LogP contribution in [-0.4, -0.2) is 38.7 Å². The lowest BCUT2D eigenvalue weighted by Crippen LogP contribution is -2.33. The third-order valence-corrected chi connectivity index (χ3v) is 5.40. The van der Waals surface area contributed by atoms with Crippen molar-refractivity contribution in [3.05, 3.63) is 64.8 Å². The molecule has 5 nitrogen and oxygen atoms in total. The fraction of sp³-hybridized carbons (Fsp3) is 0.333. The van der Waals surface area contributed by atoms with Gasteiger partial charge in [-0.05, 0) is 23.8 Å². The third kappa shape index (κ3) is 3.69. The maximum absolute atomic E-state index is 10.2. The zero-order chi connectivity index (χ0) is 19.0. The van der Waals surface area contributed by atoms with E-state index in [2.05, 4.69) is 4.57 Å². The molecule has 6 heteroatoms. The number of ether oxygens (including phenoxy) is 1. The van der Waals surface area contributed by atoms with Crippen LogP contribution in [-0.2, 0) is 11.3 Å². The van der Waals surface area contributed by atoms with Gasteiger partial charge in [-0.15, -0.1) is 0 Å². The first-order valence-electron chi connectivity index (χ1n) is 9.04. The fourth-order valence-electron chi connectivity index (χ4n) is 3.83. The molecule has 0 unspecified atom stereocenters. The number of halogens is 1. The number of aliphatic hydroxyl groups is 2. The van der Waals surface area contributed by atoms with E-state index in [-0.39, 0.29) is 24.6 Å². The Morgan fingerprint density at radius 2 is 1.89 bits per heavy atom. The van der Waals surface area contributed by atoms with E-state index < -0.39 is 6.10 Å². The van der Waals surface area contributed by atoms with E-state index in [1.54, 1.807) is 12.1 Å². The van der Waals surface area contributed by atoms with Crippen molar-refractivity contribution >= 4 is 22.5 Å². The molecule has 1 aliphatic heterocycles. The Hall–Kier alpha value is -2.05. The summed E-state index contributed by atoms with van der Waals surface area (Å²) in [4.78, 5) is 0. The second-order valence-corrected chi connectivity index (χ2v) is 7.48. The number of aromatic nitrogens is 1. The number of rotatable bonds is 4. The molecule has 0 amide bonds. The van der Waals surface area contributed by atoms with E-state index in [1.165, 1.54) is 0 Å². The van der Waals surface area contributed by atoms with Gasteiger partial charge in [-0.3, -0.25) is 0 Å². The molecule has 1 fully saturated rings. The minimum Gasteiger partial charge on any atom is -0.508 e. The van der Waals surface area contributed by atoms with Gasteiger partial charge in [-0.1, -0.05) is 35.9 Å². The summed E-state index contributed by atoms with van der Waals surface area (Å²) in [5.41, 5.74) is 2.91. The van der Waals surface area contributed by atoms with Crippen molar-refractivity contribution in [3.8, 4) is 5.75 Å². The Balaban J connectivity index is 1.75. The summed E-state index contributed by atoms with van der Waals surface area (Å²) < 4.78 is 8.09. The van der Waals surface area contributed by atoms with Crippen molar-refractivity contribution in [2.24, 2.45) is 0 Å². The van der Waals surface area contributed by atoms with Crippen LogP contribution < -0.4 is 0 Å². The van der Waals surface area contributed by atoms with Gasteiger partial charge in [0, 0.05) is 36.5 Å². The number of benzene rings is 2. The number of para-hydroxylation sites is 1. The summed E-state index contributed by atoms with van der Waals surface area (Å²) >= 11 is 6.50. The van der Waals surface area contributed by atoms with Gasteiger partial charge in [-0.25, -0.2) is 0 Å². The summed E-state index contributed by atoms with van der Waals surface area (Å²) in [6.07, 6.45) is 1.78. The first kappa shape index (κ1) is 18.3. The minimum absolute atomic E-state index is 0.111. The topological polar surface area (TPSA) is 74.9 Å². The SMILES string of the molecule is OC[C@@H]1C[C@H](O)C[C@H](c2cn(Cc3ccc(O)cc3)c3c(Cl)cccc23)O1. The highest BCUT2D eigenvalue weighted by atomic mass is 35.5. The molecule has 0 saturated carbocycles. The van der Waals surface area contributed by atoms with Crippen LogP contribution in [0.2, 0.25) is 5.02 Å². The number of hydrogen-bond donors (Lipinski definition) is 3. The van der Waals surface area contributed by atoms with E-state index in [9.17, 15) is 15.3 Å². The van der Waals surface area contributed by atoms with Crippen molar-refractivity contribution in [1.82, 2.24) is 4.57 Å². The van der Waals surface area contributed by atoms with Crippen LogP contribution in [0.1, 0.15) is 30.1 Å². The molecule has 1 aliphatic rings. The van der Waals surface area contributed by atoms with Crippen molar-refractivity contribution in [2.75, 3.05) is 6.61 Å². The minimum atomic E-state index is -0.504.